The number of ether oxygens (including phenoxy) is 1. The lowest BCUT2D eigenvalue weighted by Crippen LogP contribution is -2.35. The Kier molecular flexibility index (Phi) is 8.07. The summed E-state index contributed by atoms with van der Waals surface area (Å²) in [7, 11) is 0. The summed E-state index contributed by atoms with van der Waals surface area (Å²) in [5.74, 6) is -0.311. The highest BCUT2D eigenvalue weighted by Crippen LogP contribution is 1.97. The number of hydrogen-bond donors (Lipinski definition) is 2. The molecule has 5 heteroatoms. The van der Waals surface area contributed by atoms with Crippen molar-refractivity contribution in [2.24, 2.45) is 0 Å². The Labute approximate surface area is 119 Å². The zero-order chi connectivity index (χ0) is 14.6. The summed E-state index contributed by atoms with van der Waals surface area (Å²) in [4.78, 5) is 22.6. The minimum absolute atomic E-state index is 0.0650. The minimum atomic E-state index is -0.246. The molecule has 0 radical (unpaired) electrons. The summed E-state index contributed by atoms with van der Waals surface area (Å²) < 4.78 is 4.78. The summed E-state index contributed by atoms with van der Waals surface area (Å²) in [5, 5.41) is 5.74. The fourth-order valence-corrected chi connectivity index (χ4v) is 1.68. The molecule has 1 rings (SSSR count). The lowest BCUT2D eigenvalue weighted by atomic mass is 10.1. The fraction of sp³-hybridized carbons (Fsp3) is 0.467. The second kappa shape index (κ2) is 9.97. The Balaban J connectivity index is 2.02. The van der Waals surface area contributed by atoms with Crippen molar-refractivity contribution in [1.29, 1.82) is 0 Å². The summed E-state index contributed by atoms with van der Waals surface area (Å²) in [5.41, 5.74) is 1.20. The molecule has 110 valence electrons. The van der Waals surface area contributed by atoms with Crippen LogP contribution in [0.3, 0.4) is 0 Å². The van der Waals surface area contributed by atoms with Gasteiger partial charge in [0.2, 0.25) is 5.91 Å². The molecule has 2 N–H and O–H groups in total. The highest BCUT2D eigenvalue weighted by atomic mass is 16.5. The highest BCUT2D eigenvalue weighted by molar-refractivity contribution is 5.78. The van der Waals surface area contributed by atoms with Crippen LogP contribution >= 0.6 is 0 Å². The van der Waals surface area contributed by atoms with E-state index < -0.39 is 0 Å². The normalized spacial score (nSPS) is 10.1. The Morgan fingerprint density at radius 3 is 2.60 bits per heavy atom. The minimum Gasteiger partial charge on any atom is -0.466 e. The zero-order valence-corrected chi connectivity index (χ0v) is 11.9. The molecule has 0 bridgehead atoms. The van der Waals surface area contributed by atoms with Crippen LogP contribution < -0.4 is 10.6 Å². The van der Waals surface area contributed by atoms with Crippen molar-refractivity contribution in [3.63, 3.8) is 0 Å². The third kappa shape index (κ3) is 7.53. The van der Waals surface area contributed by atoms with Crippen LogP contribution in [0.5, 0.6) is 0 Å². The Morgan fingerprint density at radius 1 is 1.15 bits per heavy atom. The van der Waals surface area contributed by atoms with Gasteiger partial charge in [-0.3, -0.25) is 9.59 Å². The number of esters is 1. The van der Waals surface area contributed by atoms with E-state index in [-0.39, 0.29) is 24.8 Å². The van der Waals surface area contributed by atoms with Gasteiger partial charge < -0.3 is 15.4 Å². The maximum Gasteiger partial charge on any atom is 0.307 e. The topological polar surface area (TPSA) is 67.4 Å². The number of carbonyl (C=O) groups is 2. The molecular formula is C15H22N2O3. The first-order chi connectivity index (χ1) is 9.72. The molecule has 5 nitrogen and oxygen atoms in total. The molecule has 0 unspecified atom stereocenters. The maximum atomic E-state index is 11.5. The van der Waals surface area contributed by atoms with E-state index in [1.54, 1.807) is 6.92 Å². The van der Waals surface area contributed by atoms with Crippen molar-refractivity contribution in [2.75, 3.05) is 26.2 Å². The second-order valence-electron chi connectivity index (χ2n) is 4.32. The zero-order valence-electron chi connectivity index (χ0n) is 11.9. The van der Waals surface area contributed by atoms with E-state index in [4.69, 9.17) is 4.74 Å². The van der Waals surface area contributed by atoms with Crippen molar-refractivity contribution >= 4 is 11.9 Å². The third-order valence-corrected chi connectivity index (χ3v) is 2.68. The van der Waals surface area contributed by atoms with Crippen LogP contribution in [0.25, 0.3) is 0 Å². The Hall–Kier alpha value is -1.88. The SMILES string of the molecule is CCOC(=O)CCNCC(=O)NCCc1ccccc1. The highest BCUT2D eigenvalue weighted by Gasteiger charge is 2.03. The quantitative estimate of drug-likeness (QED) is 0.520. The molecule has 1 aromatic carbocycles. The summed E-state index contributed by atoms with van der Waals surface area (Å²) >= 11 is 0. The Morgan fingerprint density at radius 2 is 1.90 bits per heavy atom. The first kappa shape index (κ1) is 16.2. The van der Waals surface area contributed by atoms with Crippen LogP contribution in [0.1, 0.15) is 18.9 Å². The van der Waals surface area contributed by atoms with E-state index in [9.17, 15) is 9.59 Å². The fourth-order valence-electron chi connectivity index (χ4n) is 1.68. The van der Waals surface area contributed by atoms with Gasteiger partial charge in [0.15, 0.2) is 0 Å². The first-order valence-electron chi connectivity index (χ1n) is 6.89. The molecule has 0 aliphatic heterocycles. The van der Waals surface area contributed by atoms with Gasteiger partial charge in [0, 0.05) is 13.1 Å². The van der Waals surface area contributed by atoms with E-state index >= 15 is 0 Å². The number of amides is 1. The molecule has 0 spiro atoms. The number of rotatable bonds is 9. The molecule has 0 saturated heterocycles. The molecule has 0 atom stereocenters. The van der Waals surface area contributed by atoms with E-state index in [0.717, 1.165) is 6.42 Å². The van der Waals surface area contributed by atoms with Crippen LogP contribution in [0.2, 0.25) is 0 Å². The number of carbonyl (C=O) groups excluding carboxylic acids is 2. The molecule has 0 aromatic heterocycles. The average molecular weight is 278 g/mol. The van der Waals surface area contributed by atoms with Crippen LogP contribution in [0.4, 0.5) is 0 Å². The molecular weight excluding hydrogens is 256 g/mol. The first-order valence-corrected chi connectivity index (χ1v) is 6.89. The van der Waals surface area contributed by atoms with Crippen molar-refractivity contribution in [3.8, 4) is 0 Å². The number of hydrogen-bond acceptors (Lipinski definition) is 4. The molecule has 1 aromatic rings. The maximum absolute atomic E-state index is 11.5. The molecule has 0 saturated carbocycles. The van der Waals surface area contributed by atoms with E-state index in [1.165, 1.54) is 5.56 Å². The molecule has 20 heavy (non-hydrogen) atoms. The lowest BCUT2D eigenvalue weighted by molar-refractivity contribution is -0.143. The molecule has 1 amide bonds. The van der Waals surface area contributed by atoms with Gasteiger partial charge in [-0.25, -0.2) is 0 Å². The summed E-state index contributed by atoms with van der Waals surface area (Å²) in [6.07, 6.45) is 1.10. The molecule has 0 fully saturated rings. The van der Waals surface area contributed by atoms with Crippen molar-refractivity contribution < 1.29 is 14.3 Å². The third-order valence-electron chi connectivity index (χ3n) is 2.68. The summed E-state index contributed by atoms with van der Waals surface area (Å²) in [6.45, 7) is 3.44. The predicted octanol–water partition coefficient (Wildman–Crippen LogP) is 0.888. The van der Waals surface area contributed by atoms with Gasteiger partial charge in [-0.2, -0.15) is 0 Å². The molecule has 0 heterocycles. The van der Waals surface area contributed by atoms with Gasteiger partial charge in [-0.05, 0) is 18.9 Å². The molecule has 0 aliphatic carbocycles. The van der Waals surface area contributed by atoms with Crippen LogP contribution in [-0.2, 0) is 20.7 Å². The number of nitrogens with one attached hydrogen (secondary N) is 2. The summed E-state index contributed by atoms with van der Waals surface area (Å²) in [6, 6.07) is 9.99. The molecule has 0 aliphatic rings. The predicted molar refractivity (Wildman–Crippen MR) is 77.3 cm³/mol. The van der Waals surface area contributed by atoms with Gasteiger partial charge in [-0.15, -0.1) is 0 Å². The largest absolute Gasteiger partial charge is 0.466 e. The number of benzene rings is 1. The second-order valence-corrected chi connectivity index (χ2v) is 4.32. The van der Waals surface area contributed by atoms with Crippen molar-refractivity contribution in [2.45, 2.75) is 19.8 Å². The van der Waals surface area contributed by atoms with Crippen molar-refractivity contribution in [1.82, 2.24) is 10.6 Å². The van der Waals surface area contributed by atoms with Crippen molar-refractivity contribution in [3.05, 3.63) is 35.9 Å². The van der Waals surface area contributed by atoms with Crippen LogP contribution in [-0.4, -0.2) is 38.1 Å². The van der Waals surface area contributed by atoms with Gasteiger partial charge in [-0.1, -0.05) is 30.3 Å². The smallest absolute Gasteiger partial charge is 0.307 e. The monoisotopic (exact) mass is 278 g/mol. The van der Waals surface area contributed by atoms with E-state index in [2.05, 4.69) is 10.6 Å². The Bertz CT molecular complexity index is 407. The lowest BCUT2D eigenvalue weighted by Gasteiger charge is -2.06. The standard InChI is InChI=1S/C15H22N2O3/c1-2-20-15(19)9-10-16-12-14(18)17-11-8-13-6-4-3-5-7-13/h3-7,16H,2,8-12H2,1H3,(H,17,18). The van der Waals surface area contributed by atoms with E-state index in [0.29, 0.717) is 19.7 Å². The van der Waals surface area contributed by atoms with Gasteiger partial charge in [0.25, 0.3) is 0 Å². The van der Waals surface area contributed by atoms with Gasteiger partial charge >= 0.3 is 5.97 Å². The van der Waals surface area contributed by atoms with Gasteiger partial charge in [0.05, 0.1) is 19.6 Å². The average Bonchev–Trinajstić information content (AvgIpc) is 2.45. The van der Waals surface area contributed by atoms with Crippen LogP contribution in [0.15, 0.2) is 30.3 Å². The van der Waals surface area contributed by atoms with Gasteiger partial charge in [0.1, 0.15) is 0 Å². The van der Waals surface area contributed by atoms with E-state index in [1.807, 2.05) is 30.3 Å². The van der Waals surface area contributed by atoms with Crippen LogP contribution in [0, 0.1) is 0 Å².